The Morgan fingerprint density at radius 2 is 1.56 bits per heavy atom. The molecule has 16 heavy (non-hydrogen) atoms. The van der Waals surface area contributed by atoms with Gasteiger partial charge in [-0.05, 0) is 25.8 Å². The predicted octanol–water partition coefficient (Wildman–Crippen LogP) is 2.41. The summed E-state index contributed by atoms with van der Waals surface area (Å²) in [5, 5.41) is 3.18. The number of carbonyl (C=O) groups excluding carboxylic acids is 1. The van der Waals surface area contributed by atoms with Gasteiger partial charge in [0.2, 0.25) is 5.91 Å². The monoisotopic (exact) mass is 228 g/mol. The molecular weight excluding hydrogens is 200 g/mol. The molecule has 0 saturated heterocycles. The zero-order valence-electron chi connectivity index (χ0n) is 11.2. The van der Waals surface area contributed by atoms with Gasteiger partial charge in [0.15, 0.2) is 0 Å². The summed E-state index contributed by atoms with van der Waals surface area (Å²) in [7, 11) is 0. The van der Waals surface area contributed by atoms with Gasteiger partial charge in [0.1, 0.15) is 0 Å². The Hall–Kier alpha value is -0.570. The first-order valence-electron chi connectivity index (χ1n) is 6.74. The van der Waals surface area contributed by atoms with Gasteiger partial charge in [-0.15, -0.1) is 0 Å². The Morgan fingerprint density at radius 3 is 2.00 bits per heavy atom. The molecule has 1 N–H and O–H groups in total. The highest BCUT2D eigenvalue weighted by Crippen LogP contribution is 1.99. The lowest BCUT2D eigenvalue weighted by Crippen LogP contribution is -2.39. The van der Waals surface area contributed by atoms with E-state index in [2.05, 4.69) is 26.1 Å². The molecule has 0 atom stereocenters. The Labute approximate surface area is 101 Å². The van der Waals surface area contributed by atoms with Crippen molar-refractivity contribution in [3.8, 4) is 0 Å². The first-order chi connectivity index (χ1) is 7.76. The summed E-state index contributed by atoms with van der Waals surface area (Å²) in [5.74, 6) is 0.260. The van der Waals surface area contributed by atoms with E-state index in [9.17, 15) is 4.79 Å². The third-order valence-corrected chi connectivity index (χ3v) is 2.62. The van der Waals surface area contributed by atoms with E-state index < -0.39 is 0 Å². The molecule has 1 amide bonds. The van der Waals surface area contributed by atoms with Crippen LogP contribution in [0.15, 0.2) is 0 Å². The fraction of sp³-hybridized carbons (Fsp3) is 0.923. The normalized spacial score (nSPS) is 10.4. The highest BCUT2D eigenvalue weighted by molar-refractivity contribution is 5.78. The number of hydrogen-bond acceptors (Lipinski definition) is 2. The summed E-state index contributed by atoms with van der Waals surface area (Å²) in [6.07, 6.45) is 5.61. The highest BCUT2D eigenvalue weighted by Gasteiger charge is 2.11. The van der Waals surface area contributed by atoms with Crippen molar-refractivity contribution in [1.82, 2.24) is 10.2 Å². The number of nitrogens with zero attached hydrogens (tertiary/aromatic N) is 1. The van der Waals surface area contributed by atoms with Crippen LogP contribution in [0.25, 0.3) is 0 Å². The van der Waals surface area contributed by atoms with Crippen molar-refractivity contribution >= 4 is 5.91 Å². The smallest absolute Gasteiger partial charge is 0.236 e. The molecule has 0 spiro atoms. The molecule has 0 rings (SSSR count). The van der Waals surface area contributed by atoms with E-state index in [0.717, 1.165) is 51.7 Å². The van der Waals surface area contributed by atoms with Crippen molar-refractivity contribution in [2.45, 2.75) is 52.9 Å². The average Bonchev–Trinajstić information content (AvgIpc) is 2.29. The van der Waals surface area contributed by atoms with Crippen LogP contribution in [0.2, 0.25) is 0 Å². The summed E-state index contributed by atoms with van der Waals surface area (Å²) in [6.45, 7) is 9.72. The van der Waals surface area contributed by atoms with E-state index in [4.69, 9.17) is 0 Å². The lowest BCUT2D eigenvalue weighted by atomic mass is 10.2. The van der Waals surface area contributed by atoms with E-state index >= 15 is 0 Å². The largest absolute Gasteiger partial charge is 0.342 e. The maximum Gasteiger partial charge on any atom is 0.236 e. The number of nitrogens with one attached hydrogen (secondary N) is 1. The molecule has 0 unspecified atom stereocenters. The summed E-state index contributed by atoms with van der Waals surface area (Å²) in [6, 6.07) is 0. The molecule has 0 aliphatic rings. The fourth-order valence-corrected chi connectivity index (χ4v) is 1.54. The maximum absolute atomic E-state index is 11.9. The third-order valence-electron chi connectivity index (χ3n) is 2.62. The molecule has 96 valence electrons. The van der Waals surface area contributed by atoms with Crippen LogP contribution >= 0.6 is 0 Å². The first kappa shape index (κ1) is 15.4. The molecule has 3 nitrogen and oxygen atoms in total. The van der Waals surface area contributed by atoms with Gasteiger partial charge in [-0.1, -0.05) is 33.6 Å². The van der Waals surface area contributed by atoms with Crippen molar-refractivity contribution in [2.75, 3.05) is 26.2 Å². The van der Waals surface area contributed by atoms with Gasteiger partial charge in [0.25, 0.3) is 0 Å². The van der Waals surface area contributed by atoms with Crippen molar-refractivity contribution < 1.29 is 4.79 Å². The number of amides is 1. The molecule has 0 aliphatic heterocycles. The molecule has 0 aromatic rings. The Kier molecular flexibility index (Phi) is 10.5. The lowest BCUT2D eigenvalue weighted by Gasteiger charge is -2.22. The minimum Gasteiger partial charge on any atom is -0.342 e. The van der Waals surface area contributed by atoms with Gasteiger partial charge >= 0.3 is 0 Å². The first-order valence-corrected chi connectivity index (χ1v) is 6.74. The Morgan fingerprint density at radius 1 is 1.00 bits per heavy atom. The molecule has 3 heteroatoms. The van der Waals surface area contributed by atoms with Gasteiger partial charge in [-0.2, -0.15) is 0 Å². The van der Waals surface area contributed by atoms with Crippen LogP contribution in [-0.2, 0) is 4.79 Å². The van der Waals surface area contributed by atoms with Crippen LogP contribution in [-0.4, -0.2) is 37.0 Å². The van der Waals surface area contributed by atoms with Gasteiger partial charge < -0.3 is 10.2 Å². The van der Waals surface area contributed by atoms with Gasteiger partial charge in [-0.3, -0.25) is 4.79 Å². The van der Waals surface area contributed by atoms with Crippen molar-refractivity contribution in [3.05, 3.63) is 0 Å². The molecule has 0 radical (unpaired) electrons. The van der Waals surface area contributed by atoms with Crippen LogP contribution in [0.1, 0.15) is 52.9 Å². The molecule has 0 aromatic heterocycles. The predicted molar refractivity (Wildman–Crippen MR) is 69.6 cm³/mol. The van der Waals surface area contributed by atoms with E-state index in [1.54, 1.807) is 0 Å². The number of rotatable bonds is 10. The maximum atomic E-state index is 11.9. The van der Waals surface area contributed by atoms with Crippen LogP contribution in [0.4, 0.5) is 0 Å². The second-order valence-corrected chi connectivity index (χ2v) is 4.26. The standard InChI is InChI=1S/C13H28N2O/c1-4-7-10-15(11-8-5-2)13(16)12-14-9-6-3/h14H,4-12H2,1-3H3. The summed E-state index contributed by atoms with van der Waals surface area (Å²) >= 11 is 0. The van der Waals surface area contributed by atoms with Gasteiger partial charge in [0, 0.05) is 13.1 Å². The van der Waals surface area contributed by atoms with E-state index in [1.165, 1.54) is 0 Å². The molecule has 0 bridgehead atoms. The molecule has 0 fully saturated rings. The zero-order chi connectivity index (χ0) is 12.2. The number of carbonyl (C=O) groups is 1. The Balaban J connectivity index is 3.88. The molecule has 0 heterocycles. The van der Waals surface area contributed by atoms with Crippen LogP contribution in [0, 0.1) is 0 Å². The molecule has 0 saturated carbocycles. The van der Waals surface area contributed by atoms with Crippen LogP contribution in [0.3, 0.4) is 0 Å². The van der Waals surface area contributed by atoms with Crippen molar-refractivity contribution in [2.24, 2.45) is 0 Å². The fourth-order valence-electron chi connectivity index (χ4n) is 1.54. The summed E-state index contributed by atoms with van der Waals surface area (Å²) in [4.78, 5) is 13.9. The van der Waals surface area contributed by atoms with E-state index in [1.807, 2.05) is 4.90 Å². The summed E-state index contributed by atoms with van der Waals surface area (Å²) < 4.78 is 0. The third kappa shape index (κ3) is 7.69. The lowest BCUT2D eigenvalue weighted by molar-refractivity contribution is -0.130. The minimum atomic E-state index is 0.260. The minimum absolute atomic E-state index is 0.260. The number of hydrogen-bond donors (Lipinski definition) is 1. The Bertz CT molecular complexity index is 163. The van der Waals surface area contributed by atoms with Crippen molar-refractivity contribution in [3.63, 3.8) is 0 Å². The second-order valence-electron chi connectivity index (χ2n) is 4.26. The topological polar surface area (TPSA) is 32.3 Å². The van der Waals surface area contributed by atoms with E-state index in [0.29, 0.717) is 6.54 Å². The molecule has 0 aromatic carbocycles. The highest BCUT2D eigenvalue weighted by atomic mass is 16.2. The molecule has 0 aliphatic carbocycles. The van der Waals surface area contributed by atoms with Crippen molar-refractivity contribution in [1.29, 1.82) is 0 Å². The second kappa shape index (κ2) is 10.9. The van der Waals surface area contributed by atoms with Crippen LogP contribution < -0.4 is 5.32 Å². The van der Waals surface area contributed by atoms with Crippen LogP contribution in [0.5, 0.6) is 0 Å². The SMILES string of the molecule is CCCCN(CCCC)C(=O)CNCCC. The van der Waals surface area contributed by atoms with Gasteiger partial charge in [-0.25, -0.2) is 0 Å². The zero-order valence-corrected chi connectivity index (χ0v) is 11.2. The van der Waals surface area contributed by atoms with Gasteiger partial charge in [0.05, 0.1) is 6.54 Å². The quantitative estimate of drug-likeness (QED) is 0.582. The average molecular weight is 228 g/mol. The summed E-state index contributed by atoms with van der Waals surface area (Å²) in [5.41, 5.74) is 0. The number of unbranched alkanes of at least 4 members (excludes halogenated alkanes) is 2. The van der Waals surface area contributed by atoms with E-state index in [-0.39, 0.29) is 5.91 Å². The molecular formula is C13H28N2O.